The van der Waals surface area contributed by atoms with Crippen molar-refractivity contribution in [2.75, 3.05) is 31.7 Å². The molecule has 1 aromatic carbocycles. The molecule has 0 spiro atoms. The predicted octanol–water partition coefficient (Wildman–Crippen LogP) is 1.34. The SMILES string of the molecule is COC(=O)CC1CN(c2nc3ccccc3n2C)CCO1. The first-order valence-corrected chi connectivity index (χ1v) is 7.04. The van der Waals surface area contributed by atoms with Crippen LogP contribution in [0.25, 0.3) is 11.0 Å². The zero-order valence-corrected chi connectivity index (χ0v) is 12.3. The van der Waals surface area contributed by atoms with Gasteiger partial charge in [0, 0.05) is 20.1 Å². The first-order chi connectivity index (χ1) is 10.2. The third-order valence-corrected chi connectivity index (χ3v) is 3.81. The molecule has 112 valence electrons. The Labute approximate surface area is 123 Å². The van der Waals surface area contributed by atoms with Gasteiger partial charge in [0.05, 0.1) is 37.3 Å². The monoisotopic (exact) mass is 289 g/mol. The molecule has 0 amide bonds. The number of methoxy groups -OCH3 is 1. The first kappa shape index (κ1) is 13.9. The van der Waals surface area contributed by atoms with Crippen LogP contribution >= 0.6 is 0 Å². The normalized spacial score (nSPS) is 19.0. The maximum absolute atomic E-state index is 11.4. The smallest absolute Gasteiger partial charge is 0.308 e. The lowest BCUT2D eigenvalue weighted by molar-refractivity contribution is -0.144. The number of aryl methyl sites for hydroxylation is 1. The number of carbonyl (C=O) groups excluding carboxylic acids is 1. The van der Waals surface area contributed by atoms with Crippen molar-refractivity contribution in [3.63, 3.8) is 0 Å². The predicted molar refractivity (Wildman–Crippen MR) is 79.3 cm³/mol. The van der Waals surface area contributed by atoms with E-state index >= 15 is 0 Å². The fourth-order valence-corrected chi connectivity index (χ4v) is 2.71. The quantitative estimate of drug-likeness (QED) is 0.798. The van der Waals surface area contributed by atoms with E-state index in [0.717, 1.165) is 23.5 Å². The van der Waals surface area contributed by atoms with Crippen LogP contribution in [0, 0.1) is 0 Å². The van der Waals surface area contributed by atoms with Gasteiger partial charge in [-0.15, -0.1) is 0 Å². The van der Waals surface area contributed by atoms with Crippen molar-refractivity contribution < 1.29 is 14.3 Å². The van der Waals surface area contributed by atoms with Crippen molar-refractivity contribution in [3.05, 3.63) is 24.3 Å². The van der Waals surface area contributed by atoms with Gasteiger partial charge in [0.25, 0.3) is 0 Å². The van der Waals surface area contributed by atoms with E-state index in [-0.39, 0.29) is 18.5 Å². The Balaban J connectivity index is 1.81. The molecule has 0 radical (unpaired) electrons. The zero-order valence-electron chi connectivity index (χ0n) is 12.3. The number of aromatic nitrogens is 2. The maximum Gasteiger partial charge on any atom is 0.308 e. The Morgan fingerprint density at radius 3 is 3.05 bits per heavy atom. The number of hydrogen-bond donors (Lipinski definition) is 0. The number of nitrogens with zero attached hydrogens (tertiary/aromatic N) is 3. The van der Waals surface area contributed by atoms with Crippen LogP contribution in [0.1, 0.15) is 6.42 Å². The highest BCUT2D eigenvalue weighted by Gasteiger charge is 2.26. The number of ether oxygens (including phenoxy) is 2. The third kappa shape index (κ3) is 2.71. The molecule has 0 aliphatic carbocycles. The molecule has 1 atom stereocenters. The molecule has 1 aliphatic rings. The van der Waals surface area contributed by atoms with Gasteiger partial charge >= 0.3 is 5.97 Å². The van der Waals surface area contributed by atoms with E-state index in [1.807, 2.05) is 25.2 Å². The second-order valence-corrected chi connectivity index (χ2v) is 5.18. The minimum atomic E-state index is -0.244. The van der Waals surface area contributed by atoms with Gasteiger partial charge < -0.3 is 18.9 Å². The van der Waals surface area contributed by atoms with Crippen molar-refractivity contribution in [2.24, 2.45) is 7.05 Å². The number of para-hydroxylation sites is 2. The summed E-state index contributed by atoms with van der Waals surface area (Å²) in [5.41, 5.74) is 2.08. The number of carbonyl (C=O) groups is 1. The van der Waals surface area contributed by atoms with Crippen LogP contribution in [-0.4, -0.2) is 48.4 Å². The van der Waals surface area contributed by atoms with Gasteiger partial charge in [-0.2, -0.15) is 0 Å². The van der Waals surface area contributed by atoms with Gasteiger partial charge in [-0.1, -0.05) is 12.1 Å². The fourth-order valence-electron chi connectivity index (χ4n) is 2.71. The lowest BCUT2D eigenvalue weighted by Gasteiger charge is -2.33. The van der Waals surface area contributed by atoms with Gasteiger partial charge in [0.1, 0.15) is 0 Å². The van der Waals surface area contributed by atoms with Gasteiger partial charge in [0.15, 0.2) is 0 Å². The molecule has 6 heteroatoms. The van der Waals surface area contributed by atoms with Gasteiger partial charge in [-0.25, -0.2) is 4.98 Å². The van der Waals surface area contributed by atoms with Crippen LogP contribution in [0.2, 0.25) is 0 Å². The van der Waals surface area contributed by atoms with Crippen LogP contribution in [0.5, 0.6) is 0 Å². The summed E-state index contributed by atoms with van der Waals surface area (Å²) in [6.07, 6.45) is 0.128. The van der Waals surface area contributed by atoms with Crippen LogP contribution in [0.15, 0.2) is 24.3 Å². The molecule has 0 N–H and O–H groups in total. The van der Waals surface area contributed by atoms with E-state index in [0.29, 0.717) is 13.2 Å². The fraction of sp³-hybridized carbons (Fsp3) is 0.467. The number of anilines is 1. The van der Waals surface area contributed by atoms with E-state index < -0.39 is 0 Å². The molecule has 1 aliphatic heterocycles. The Morgan fingerprint density at radius 2 is 2.29 bits per heavy atom. The minimum absolute atomic E-state index is 0.147. The lowest BCUT2D eigenvalue weighted by Crippen LogP contribution is -2.44. The molecule has 1 unspecified atom stereocenters. The molecule has 0 bridgehead atoms. The highest BCUT2D eigenvalue weighted by Crippen LogP contribution is 2.23. The highest BCUT2D eigenvalue weighted by atomic mass is 16.5. The molecular weight excluding hydrogens is 270 g/mol. The second kappa shape index (κ2) is 5.73. The standard InChI is InChI=1S/C15H19N3O3/c1-17-13-6-4-3-5-12(13)16-15(17)18-7-8-21-11(10-18)9-14(19)20-2/h3-6,11H,7-10H2,1-2H3. The average molecular weight is 289 g/mol. The van der Waals surface area contributed by atoms with Gasteiger partial charge in [-0.3, -0.25) is 4.79 Å². The molecule has 21 heavy (non-hydrogen) atoms. The maximum atomic E-state index is 11.4. The van der Waals surface area contributed by atoms with Gasteiger partial charge in [0.2, 0.25) is 5.95 Å². The summed E-state index contributed by atoms with van der Waals surface area (Å²) >= 11 is 0. The molecule has 0 saturated carbocycles. The summed E-state index contributed by atoms with van der Waals surface area (Å²) < 4.78 is 12.4. The van der Waals surface area contributed by atoms with Crippen LogP contribution in [-0.2, 0) is 21.3 Å². The molecule has 6 nitrogen and oxygen atoms in total. The summed E-state index contributed by atoms with van der Waals surface area (Å²) in [5, 5.41) is 0. The number of morpholine rings is 1. The van der Waals surface area contributed by atoms with Crippen molar-refractivity contribution in [3.8, 4) is 0 Å². The molecular formula is C15H19N3O3. The number of rotatable bonds is 3. The van der Waals surface area contributed by atoms with Crippen molar-refractivity contribution in [1.29, 1.82) is 0 Å². The third-order valence-electron chi connectivity index (χ3n) is 3.81. The van der Waals surface area contributed by atoms with E-state index in [4.69, 9.17) is 9.47 Å². The Hall–Kier alpha value is -2.08. The summed E-state index contributed by atoms with van der Waals surface area (Å²) in [5.74, 6) is 0.668. The number of esters is 1. The summed E-state index contributed by atoms with van der Waals surface area (Å²) in [6, 6.07) is 8.05. The number of imidazole rings is 1. The Bertz CT molecular complexity index is 653. The van der Waals surface area contributed by atoms with Gasteiger partial charge in [-0.05, 0) is 12.1 Å². The van der Waals surface area contributed by atoms with Crippen LogP contribution in [0.3, 0.4) is 0 Å². The summed E-state index contributed by atoms with van der Waals surface area (Å²) in [4.78, 5) is 18.2. The van der Waals surface area contributed by atoms with Crippen molar-refractivity contribution in [2.45, 2.75) is 12.5 Å². The van der Waals surface area contributed by atoms with Crippen LogP contribution in [0.4, 0.5) is 5.95 Å². The number of fused-ring (bicyclic) bond motifs is 1. The Morgan fingerprint density at radius 1 is 1.48 bits per heavy atom. The van der Waals surface area contributed by atoms with Crippen molar-refractivity contribution >= 4 is 23.0 Å². The summed E-state index contributed by atoms with van der Waals surface area (Å²) in [6.45, 7) is 2.01. The second-order valence-electron chi connectivity index (χ2n) is 5.18. The Kier molecular flexibility index (Phi) is 3.79. The average Bonchev–Trinajstić information content (AvgIpc) is 2.85. The molecule has 1 saturated heterocycles. The minimum Gasteiger partial charge on any atom is -0.469 e. The number of hydrogen-bond acceptors (Lipinski definition) is 5. The molecule has 2 aromatic rings. The van der Waals surface area contributed by atoms with Crippen LogP contribution < -0.4 is 4.90 Å². The number of benzene rings is 1. The van der Waals surface area contributed by atoms with E-state index in [2.05, 4.69) is 20.5 Å². The zero-order chi connectivity index (χ0) is 14.8. The summed E-state index contributed by atoms with van der Waals surface area (Å²) in [7, 11) is 3.41. The highest BCUT2D eigenvalue weighted by molar-refractivity contribution is 5.78. The van der Waals surface area contributed by atoms with E-state index in [1.165, 1.54) is 7.11 Å². The van der Waals surface area contributed by atoms with Crippen molar-refractivity contribution in [1.82, 2.24) is 9.55 Å². The molecule has 1 fully saturated rings. The van der Waals surface area contributed by atoms with E-state index in [1.54, 1.807) is 0 Å². The molecule has 1 aromatic heterocycles. The lowest BCUT2D eigenvalue weighted by atomic mass is 10.2. The van der Waals surface area contributed by atoms with E-state index in [9.17, 15) is 4.79 Å². The first-order valence-electron chi connectivity index (χ1n) is 7.04. The largest absolute Gasteiger partial charge is 0.469 e. The topological polar surface area (TPSA) is 56.6 Å². The molecule has 3 rings (SSSR count). The molecule has 2 heterocycles.